The molecule has 0 aliphatic heterocycles. The third kappa shape index (κ3) is 2.78. The summed E-state index contributed by atoms with van der Waals surface area (Å²) in [5, 5.41) is 4.69. The standard InChI is InChI=1S/C17H19NO2/c1-12(10-15-7-5-9-19-15)18-13(2)17-11-14-6-3-4-8-16(14)20-17/h3-9,11-13,18H,10H2,1-2H3. The molecular formula is C17H19NO2. The van der Waals surface area contributed by atoms with E-state index in [1.54, 1.807) is 6.26 Å². The van der Waals surface area contributed by atoms with Crippen LogP contribution >= 0.6 is 0 Å². The Kier molecular flexibility index (Phi) is 3.61. The van der Waals surface area contributed by atoms with E-state index >= 15 is 0 Å². The Balaban J connectivity index is 1.67. The molecule has 3 heteroatoms. The van der Waals surface area contributed by atoms with Gasteiger partial charge in [0.05, 0.1) is 12.3 Å². The van der Waals surface area contributed by atoms with E-state index in [0.717, 1.165) is 28.9 Å². The summed E-state index contributed by atoms with van der Waals surface area (Å²) in [7, 11) is 0. The number of rotatable bonds is 5. The Morgan fingerprint density at radius 2 is 1.95 bits per heavy atom. The fraction of sp³-hybridized carbons (Fsp3) is 0.294. The Morgan fingerprint density at radius 3 is 2.70 bits per heavy atom. The van der Waals surface area contributed by atoms with Crippen molar-refractivity contribution >= 4 is 11.0 Å². The van der Waals surface area contributed by atoms with Crippen molar-refractivity contribution in [3.05, 3.63) is 60.2 Å². The van der Waals surface area contributed by atoms with Crippen molar-refractivity contribution in [1.29, 1.82) is 0 Å². The lowest BCUT2D eigenvalue weighted by atomic mass is 10.1. The molecule has 0 amide bonds. The number of furan rings is 2. The minimum absolute atomic E-state index is 0.173. The van der Waals surface area contributed by atoms with Crippen molar-refractivity contribution in [1.82, 2.24) is 5.32 Å². The highest BCUT2D eigenvalue weighted by Crippen LogP contribution is 2.24. The maximum Gasteiger partial charge on any atom is 0.134 e. The highest BCUT2D eigenvalue weighted by atomic mass is 16.3. The van der Waals surface area contributed by atoms with Gasteiger partial charge < -0.3 is 14.2 Å². The molecule has 0 bridgehead atoms. The lowest BCUT2D eigenvalue weighted by molar-refractivity contribution is 0.391. The van der Waals surface area contributed by atoms with Crippen LogP contribution in [0.1, 0.15) is 31.4 Å². The van der Waals surface area contributed by atoms with E-state index in [4.69, 9.17) is 8.83 Å². The van der Waals surface area contributed by atoms with Crippen LogP contribution in [0.3, 0.4) is 0 Å². The first kappa shape index (κ1) is 13.0. The first-order valence-corrected chi connectivity index (χ1v) is 6.99. The molecule has 1 N–H and O–H groups in total. The summed E-state index contributed by atoms with van der Waals surface area (Å²) >= 11 is 0. The third-order valence-corrected chi connectivity index (χ3v) is 3.49. The zero-order chi connectivity index (χ0) is 13.9. The van der Waals surface area contributed by atoms with Crippen molar-refractivity contribution in [3.8, 4) is 0 Å². The third-order valence-electron chi connectivity index (χ3n) is 3.49. The first-order valence-electron chi connectivity index (χ1n) is 6.99. The fourth-order valence-electron chi connectivity index (χ4n) is 2.51. The maximum absolute atomic E-state index is 5.88. The van der Waals surface area contributed by atoms with E-state index < -0.39 is 0 Å². The lowest BCUT2D eigenvalue weighted by Crippen LogP contribution is -2.30. The van der Waals surface area contributed by atoms with Crippen LogP contribution in [-0.4, -0.2) is 6.04 Å². The van der Waals surface area contributed by atoms with Gasteiger partial charge in [0.2, 0.25) is 0 Å². The summed E-state index contributed by atoms with van der Waals surface area (Å²) in [4.78, 5) is 0. The predicted molar refractivity (Wildman–Crippen MR) is 79.6 cm³/mol. The molecule has 0 radical (unpaired) electrons. The Morgan fingerprint density at radius 1 is 1.10 bits per heavy atom. The van der Waals surface area contributed by atoms with Gasteiger partial charge in [0.1, 0.15) is 17.1 Å². The Hall–Kier alpha value is -2.00. The summed E-state index contributed by atoms with van der Waals surface area (Å²) < 4.78 is 11.3. The Bertz CT molecular complexity index is 636. The smallest absolute Gasteiger partial charge is 0.134 e. The van der Waals surface area contributed by atoms with E-state index in [1.807, 2.05) is 30.3 Å². The molecule has 0 aliphatic rings. The molecule has 3 aromatic rings. The molecular weight excluding hydrogens is 250 g/mol. The number of nitrogens with one attached hydrogen (secondary N) is 1. The molecule has 3 rings (SSSR count). The van der Waals surface area contributed by atoms with Gasteiger partial charge in [-0.1, -0.05) is 18.2 Å². The number of para-hydroxylation sites is 1. The second kappa shape index (κ2) is 5.55. The van der Waals surface area contributed by atoms with Crippen molar-refractivity contribution in [2.24, 2.45) is 0 Å². The van der Waals surface area contributed by atoms with Gasteiger partial charge in [0, 0.05) is 17.8 Å². The van der Waals surface area contributed by atoms with Gasteiger partial charge in [0.25, 0.3) is 0 Å². The molecule has 0 saturated carbocycles. The van der Waals surface area contributed by atoms with Gasteiger partial charge in [0.15, 0.2) is 0 Å². The lowest BCUT2D eigenvalue weighted by Gasteiger charge is -2.17. The molecule has 2 heterocycles. The van der Waals surface area contributed by atoms with Gasteiger partial charge in [-0.15, -0.1) is 0 Å². The van der Waals surface area contributed by atoms with E-state index in [9.17, 15) is 0 Å². The van der Waals surface area contributed by atoms with Crippen LogP contribution in [0, 0.1) is 0 Å². The predicted octanol–water partition coefficient (Wildman–Crippen LogP) is 4.31. The van der Waals surface area contributed by atoms with Crippen LogP contribution in [0.2, 0.25) is 0 Å². The van der Waals surface area contributed by atoms with Crippen molar-refractivity contribution in [2.75, 3.05) is 0 Å². The highest BCUT2D eigenvalue weighted by molar-refractivity contribution is 5.77. The van der Waals surface area contributed by atoms with Crippen LogP contribution < -0.4 is 5.32 Å². The summed E-state index contributed by atoms with van der Waals surface area (Å²) in [6.07, 6.45) is 2.59. The van der Waals surface area contributed by atoms with Crippen LogP contribution in [0.4, 0.5) is 0 Å². The molecule has 0 fully saturated rings. The second-order valence-corrected chi connectivity index (χ2v) is 5.26. The summed E-state index contributed by atoms with van der Waals surface area (Å²) in [6.45, 7) is 4.28. The topological polar surface area (TPSA) is 38.3 Å². The number of hydrogen-bond donors (Lipinski definition) is 1. The molecule has 2 aromatic heterocycles. The average Bonchev–Trinajstić information content (AvgIpc) is 3.06. The number of fused-ring (bicyclic) bond motifs is 1. The quantitative estimate of drug-likeness (QED) is 0.750. The van der Waals surface area contributed by atoms with Gasteiger partial charge in [-0.25, -0.2) is 0 Å². The monoisotopic (exact) mass is 269 g/mol. The molecule has 0 saturated heterocycles. The van der Waals surface area contributed by atoms with Gasteiger partial charge >= 0.3 is 0 Å². The minimum atomic E-state index is 0.173. The van der Waals surface area contributed by atoms with Gasteiger partial charge in [-0.05, 0) is 38.1 Å². The number of benzene rings is 1. The zero-order valence-corrected chi connectivity index (χ0v) is 11.8. The summed E-state index contributed by atoms with van der Waals surface area (Å²) in [5.41, 5.74) is 0.940. The summed E-state index contributed by atoms with van der Waals surface area (Å²) in [5.74, 6) is 1.97. The normalized spacial score (nSPS) is 14.5. The van der Waals surface area contributed by atoms with Gasteiger partial charge in [-0.3, -0.25) is 0 Å². The molecule has 2 unspecified atom stereocenters. The van der Waals surface area contributed by atoms with Gasteiger partial charge in [-0.2, -0.15) is 0 Å². The van der Waals surface area contributed by atoms with Crippen LogP contribution in [0.5, 0.6) is 0 Å². The van der Waals surface area contributed by atoms with Crippen LogP contribution in [-0.2, 0) is 6.42 Å². The zero-order valence-electron chi connectivity index (χ0n) is 11.8. The van der Waals surface area contributed by atoms with Crippen molar-refractivity contribution in [2.45, 2.75) is 32.4 Å². The van der Waals surface area contributed by atoms with E-state index in [0.29, 0.717) is 6.04 Å². The van der Waals surface area contributed by atoms with Crippen molar-refractivity contribution in [3.63, 3.8) is 0 Å². The first-order chi connectivity index (χ1) is 9.72. The molecule has 0 aliphatic carbocycles. The van der Waals surface area contributed by atoms with E-state index in [-0.39, 0.29) is 6.04 Å². The molecule has 1 aromatic carbocycles. The minimum Gasteiger partial charge on any atom is -0.469 e. The summed E-state index contributed by atoms with van der Waals surface area (Å²) in [6, 6.07) is 14.6. The fourth-order valence-corrected chi connectivity index (χ4v) is 2.51. The second-order valence-electron chi connectivity index (χ2n) is 5.26. The van der Waals surface area contributed by atoms with Crippen molar-refractivity contribution < 1.29 is 8.83 Å². The van der Waals surface area contributed by atoms with E-state index in [2.05, 4.69) is 31.3 Å². The Labute approximate surface area is 118 Å². The molecule has 20 heavy (non-hydrogen) atoms. The maximum atomic E-state index is 5.88. The number of hydrogen-bond acceptors (Lipinski definition) is 3. The SMILES string of the molecule is CC(Cc1ccco1)NC(C)c1cc2ccccc2o1. The molecule has 104 valence electrons. The largest absolute Gasteiger partial charge is 0.469 e. The van der Waals surface area contributed by atoms with Crippen LogP contribution in [0.15, 0.2) is 57.6 Å². The molecule has 2 atom stereocenters. The van der Waals surface area contributed by atoms with E-state index in [1.165, 1.54) is 0 Å². The molecule has 3 nitrogen and oxygen atoms in total. The van der Waals surface area contributed by atoms with Crippen LogP contribution in [0.25, 0.3) is 11.0 Å². The highest BCUT2D eigenvalue weighted by Gasteiger charge is 2.14. The molecule has 0 spiro atoms. The average molecular weight is 269 g/mol.